The van der Waals surface area contributed by atoms with Gasteiger partial charge >= 0.3 is 5.97 Å². The summed E-state index contributed by atoms with van der Waals surface area (Å²) in [6, 6.07) is 9.64. The molecule has 0 spiro atoms. The lowest BCUT2D eigenvalue weighted by Crippen LogP contribution is -2.30. The maximum Gasteiger partial charge on any atom is 0.305 e. The van der Waals surface area contributed by atoms with Crippen LogP contribution in [0.1, 0.15) is 12.1 Å². The first-order chi connectivity index (χ1) is 12.9. The third kappa shape index (κ3) is 4.07. The molecule has 3 rings (SSSR count). The molecular weight excluding hydrogens is 390 g/mol. The second kappa shape index (κ2) is 7.72. The van der Waals surface area contributed by atoms with E-state index in [9.17, 15) is 19.7 Å². The number of carbonyl (C=O) groups is 2. The maximum absolute atomic E-state index is 12.5. The average Bonchev–Trinajstić information content (AvgIpc) is 3.18. The second-order valence-corrected chi connectivity index (χ2v) is 7.23. The van der Waals surface area contributed by atoms with E-state index in [0.717, 1.165) is 11.8 Å². The van der Waals surface area contributed by atoms with Gasteiger partial charge in [-0.25, -0.2) is 0 Å². The number of thiocarbonyl (C=S) groups is 1. The van der Waals surface area contributed by atoms with Crippen LogP contribution in [0, 0.1) is 10.1 Å². The number of benzene rings is 1. The monoisotopic (exact) mass is 403 g/mol. The molecule has 0 aliphatic carbocycles. The highest BCUT2D eigenvalue weighted by Crippen LogP contribution is 2.33. The molecule has 1 amide bonds. The summed E-state index contributed by atoms with van der Waals surface area (Å²) in [4.78, 5) is 35.2. The zero-order valence-electron chi connectivity index (χ0n) is 13.8. The lowest BCUT2D eigenvalue weighted by atomic mass is 10.2. The molecule has 1 fully saturated rings. The number of non-ortho nitro benzene ring substituents is 1. The summed E-state index contributed by atoms with van der Waals surface area (Å²) >= 11 is 6.29. The molecule has 8 nitrogen and oxygen atoms in total. The van der Waals surface area contributed by atoms with Gasteiger partial charge in [0, 0.05) is 36.3 Å². The Morgan fingerprint density at radius 2 is 2.00 bits per heavy atom. The largest absolute Gasteiger partial charge is 0.481 e. The number of hydrogen-bond acceptors (Lipinski definition) is 6. The van der Waals surface area contributed by atoms with Crippen LogP contribution in [0.4, 0.5) is 5.69 Å². The summed E-state index contributed by atoms with van der Waals surface area (Å²) < 4.78 is 2.11. The minimum atomic E-state index is -1.000. The van der Waals surface area contributed by atoms with E-state index in [1.54, 1.807) is 41.1 Å². The van der Waals surface area contributed by atoms with E-state index in [2.05, 4.69) is 0 Å². The van der Waals surface area contributed by atoms with E-state index in [-0.39, 0.29) is 24.6 Å². The number of nitro groups is 1. The number of thioether (sulfide) groups is 1. The smallest absolute Gasteiger partial charge is 0.305 e. The van der Waals surface area contributed by atoms with E-state index in [1.165, 1.54) is 17.0 Å². The second-order valence-electron chi connectivity index (χ2n) is 5.55. The first-order valence-electron chi connectivity index (χ1n) is 7.76. The van der Waals surface area contributed by atoms with Gasteiger partial charge in [-0.15, -0.1) is 0 Å². The van der Waals surface area contributed by atoms with Gasteiger partial charge in [-0.1, -0.05) is 24.0 Å². The van der Waals surface area contributed by atoms with Gasteiger partial charge in [0.05, 0.1) is 16.2 Å². The van der Waals surface area contributed by atoms with Crippen molar-refractivity contribution >= 4 is 51.9 Å². The molecule has 0 radical (unpaired) electrons. The normalized spacial score (nSPS) is 15.6. The van der Waals surface area contributed by atoms with Gasteiger partial charge in [0.1, 0.15) is 4.32 Å². The number of nitrogens with zero attached hydrogens (tertiary/aromatic N) is 3. The van der Waals surface area contributed by atoms with Gasteiger partial charge in [0.25, 0.3) is 11.6 Å². The fourth-order valence-electron chi connectivity index (χ4n) is 2.52. The van der Waals surface area contributed by atoms with Crippen molar-refractivity contribution in [3.8, 4) is 5.69 Å². The number of aromatic nitrogens is 1. The van der Waals surface area contributed by atoms with E-state index in [1.807, 2.05) is 0 Å². The number of carboxylic acid groups (broad SMARTS) is 1. The molecule has 1 N–H and O–H groups in total. The Morgan fingerprint density at radius 1 is 1.30 bits per heavy atom. The van der Waals surface area contributed by atoms with Crippen molar-refractivity contribution in [3.63, 3.8) is 0 Å². The fraction of sp³-hybridized carbons (Fsp3) is 0.118. The first-order valence-corrected chi connectivity index (χ1v) is 8.98. The van der Waals surface area contributed by atoms with Gasteiger partial charge in [-0.05, 0) is 30.3 Å². The van der Waals surface area contributed by atoms with E-state index in [4.69, 9.17) is 17.3 Å². The van der Waals surface area contributed by atoms with Crippen LogP contribution < -0.4 is 0 Å². The number of amides is 1. The summed E-state index contributed by atoms with van der Waals surface area (Å²) in [6.07, 6.45) is 3.26. The Bertz CT molecular complexity index is 965. The first kappa shape index (κ1) is 18.8. The predicted octanol–water partition coefficient (Wildman–Crippen LogP) is 3.06. The van der Waals surface area contributed by atoms with Crippen molar-refractivity contribution in [3.05, 3.63) is 63.3 Å². The summed E-state index contributed by atoms with van der Waals surface area (Å²) in [5.41, 5.74) is 1.40. The van der Waals surface area contributed by atoms with Crippen LogP contribution in [-0.4, -0.2) is 42.2 Å². The Labute approximate surface area is 163 Å². The number of carboxylic acids is 1. The number of rotatable bonds is 6. The number of carbonyl (C=O) groups excluding carboxylic acids is 1. The molecule has 0 saturated carbocycles. The Hall–Kier alpha value is -2.98. The molecule has 1 aromatic carbocycles. The van der Waals surface area contributed by atoms with Gasteiger partial charge in [-0.3, -0.25) is 24.6 Å². The van der Waals surface area contributed by atoms with Crippen LogP contribution in [0.25, 0.3) is 11.8 Å². The SMILES string of the molecule is O=C(O)CCN1C(=O)C(=Cc2cccn2-c2ccc([N+](=O)[O-])cc2)SC1=S. The minimum absolute atomic E-state index is 0.00763. The molecule has 1 aliphatic rings. The number of aliphatic carboxylic acids is 1. The van der Waals surface area contributed by atoms with Crippen molar-refractivity contribution in [2.45, 2.75) is 6.42 Å². The lowest BCUT2D eigenvalue weighted by molar-refractivity contribution is -0.384. The van der Waals surface area contributed by atoms with Crippen LogP contribution in [0.3, 0.4) is 0 Å². The molecular formula is C17H13N3O5S2. The predicted molar refractivity (Wildman–Crippen MR) is 105 cm³/mol. The van der Waals surface area contributed by atoms with Crippen LogP contribution in [0.2, 0.25) is 0 Å². The topological polar surface area (TPSA) is 106 Å². The molecule has 27 heavy (non-hydrogen) atoms. The third-order valence-electron chi connectivity index (χ3n) is 3.82. The Morgan fingerprint density at radius 3 is 2.63 bits per heavy atom. The quantitative estimate of drug-likeness (QED) is 0.342. The molecule has 0 unspecified atom stereocenters. The van der Waals surface area contributed by atoms with E-state index >= 15 is 0 Å². The van der Waals surface area contributed by atoms with Crippen molar-refractivity contribution < 1.29 is 19.6 Å². The summed E-state index contributed by atoms with van der Waals surface area (Å²) in [7, 11) is 0. The van der Waals surface area contributed by atoms with E-state index in [0.29, 0.717) is 20.6 Å². The number of nitro benzene ring substituents is 1. The maximum atomic E-state index is 12.5. The van der Waals surface area contributed by atoms with Crippen molar-refractivity contribution in [2.24, 2.45) is 0 Å². The van der Waals surface area contributed by atoms with Crippen molar-refractivity contribution in [1.82, 2.24) is 9.47 Å². The van der Waals surface area contributed by atoms with Crippen molar-refractivity contribution in [1.29, 1.82) is 0 Å². The van der Waals surface area contributed by atoms with Crippen LogP contribution in [0.15, 0.2) is 47.5 Å². The molecule has 0 bridgehead atoms. The third-order valence-corrected chi connectivity index (χ3v) is 5.20. The van der Waals surface area contributed by atoms with Gasteiger partial charge < -0.3 is 9.67 Å². The lowest BCUT2D eigenvalue weighted by Gasteiger charge is -2.12. The highest BCUT2D eigenvalue weighted by atomic mass is 32.2. The molecule has 10 heteroatoms. The molecule has 138 valence electrons. The highest BCUT2D eigenvalue weighted by molar-refractivity contribution is 8.26. The van der Waals surface area contributed by atoms with Gasteiger partial charge in [0.2, 0.25) is 0 Å². The van der Waals surface area contributed by atoms with Crippen molar-refractivity contribution in [2.75, 3.05) is 6.54 Å². The zero-order chi connectivity index (χ0) is 19.6. The Balaban J connectivity index is 1.85. The van der Waals surface area contributed by atoms with Gasteiger partial charge in [-0.2, -0.15) is 0 Å². The zero-order valence-corrected chi connectivity index (χ0v) is 15.4. The van der Waals surface area contributed by atoms with Gasteiger partial charge in [0.15, 0.2) is 0 Å². The average molecular weight is 403 g/mol. The summed E-state index contributed by atoms with van der Waals surface area (Å²) in [6.45, 7) is 0.0285. The minimum Gasteiger partial charge on any atom is -0.481 e. The molecule has 1 saturated heterocycles. The van der Waals surface area contributed by atoms with Crippen LogP contribution in [-0.2, 0) is 9.59 Å². The Kier molecular flexibility index (Phi) is 5.38. The molecule has 2 aromatic rings. The molecule has 1 aliphatic heterocycles. The highest BCUT2D eigenvalue weighted by Gasteiger charge is 2.32. The van der Waals surface area contributed by atoms with E-state index < -0.39 is 10.9 Å². The fourth-order valence-corrected chi connectivity index (χ4v) is 3.81. The summed E-state index contributed by atoms with van der Waals surface area (Å²) in [5.74, 6) is -1.33. The molecule has 2 heterocycles. The summed E-state index contributed by atoms with van der Waals surface area (Å²) in [5, 5.41) is 19.6. The molecule has 0 atom stereocenters. The standard InChI is InChI=1S/C17H13N3O5S2/c21-15(22)7-9-19-16(23)14(27-17(19)26)10-13-2-1-8-18(13)11-3-5-12(6-4-11)20(24)25/h1-6,8,10H,7,9H2,(H,21,22). The van der Waals surface area contributed by atoms with Crippen LogP contribution in [0.5, 0.6) is 0 Å². The molecule has 1 aromatic heterocycles. The number of hydrogen-bond donors (Lipinski definition) is 1. The van der Waals surface area contributed by atoms with Crippen LogP contribution >= 0.6 is 24.0 Å².